The summed E-state index contributed by atoms with van der Waals surface area (Å²) in [6.45, 7) is 9.68. The number of unbranched alkanes of at least 4 members (excludes halogenated alkanes) is 55. The standard InChI is InChI=1S/C87H170O17P2/c1-7-10-12-14-16-18-20-22-24-26-28-30-32-34-36-38-45-51-57-63-69-84(89)97-75-82(103-86(91)71-65-59-53-46-39-37-35-33-31-29-27-25-23-21-19-17-15-13-11-8-2)77-101-105(93,94)99-73-81(88)74-100-106(95,96)102-78-83(76-98-85(90)70-64-58-52-48-42-43-49-55-61-67-79(4)5)104-87(92)72-66-60-54-47-41-40-44-50-56-62-68-80(6)9-3/h79-83,88H,7-78H2,1-6H3,(H,93,94)(H,95,96)/t80?,81-,82-,83-/m1/s1. The average molecular weight is 1550 g/mol. The minimum Gasteiger partial charge on any atom is -0.462 e. The molecule has 630 valence electrons. The van der Waals surface area contributed by atoms with E-state index in [1.54, 1.807) is 0 Å². The van der Waals surface area contributed by atoms with Crippen molar-refractivity contribution in [3.63, 3.8) is 0 Å². The summed E-state index contributed by atoms with van der Waals surface area (Å²) in [5.74, 6) is -0.555. The van der Waals surface area contributed by atoms with Crippen LogP contribution in [0.4, 0.5) is 0 Å². The number of phosphoric acid groups is 2. The number of rotatable bonds is 86. The van der Waals surface area contributed by atoms with Gasteiger partial charge in [-0.2, -0.15) is 0 Å². The molecule has 0 fully saturated rings. The molecule has 0 aromatic carbocycles. The third kappa shape index (κ3) is 78.7. The summed E-state index contributed by atoms with van der Waals surface area (Å²) >= 11 is 0. The van der Waals surface area contributed by atoms with E-state index in [9.17, 15) is 43.2 Å². The molecular weight excluding hydrogens is 1380 g/mol. The van der Waals surface area contributed by atoms with Gasteiger partial charge in [0.05, 0.1) is 26.4 Å². The highest BCUT2D eigenvalue weighted by Crippen LogP contribution is 2.45. The molecule has 0 bridgehead atoms. The van der Waals surface area contributed by atoms with Gasteiger partial charge in [-0.05, 0) is 37.5 Å². The Morgan fingerprint density at radius 2 is 0.481 bits per heavy atom. The molecule has 0 aromatic rings. The summed E-state index contributed by atoms with van der Waals surface area (Å²) in [4.78, 5) is 73.3. The lowest BCUT2D eigenvalue weighted by molar-refractivity contribution is -0.161. The second kappa shape index (κ2) is 78.3. The quantitative estimate of drug-likeness (QED) is 0.0222. The van der Waals surface area contributed by atoms with E-state index in [4.69, 9.17) is 37.0 Å². The van der Waals surface area contributed by atoms with Crippen molar-refractivity contribution in [3.8, 4) is 0 Å². The van der Waals surface area contributed by atoms with Crippen molar-refractivity contribution in [2.24, 2.45) is 11.8 Å². The molecule has 0 aliphatic rings. The van der Waals surface area contributed by atoms with Crippen molar-refractivity contribution in [1.29, 1.82) is 0 Å². The van der Waals surface area contributed by atoms with Crippen molar-refractivity contribution in [2.75, 3.05) is 39.6 Å². The van der Waals surface area contributed by atoms with Gasteiger partial charge in [-0.15, -0.1) is 0 Å². The first-order valence-corrected chi connectivity index (χ1v) is 48.0. The molecule has 3 N–H and O–H groups in total. The number of aliphatic hydroxyl groups excluding tert-OH is 1. The Bertz CT molecular complexity index is 2030. The van der Waals surface area contributed by atoms with Crippen LogP contribution >= 0.6 is 15.6 Å². The fourth-order valence-electron chi connectivity index (χ4n) is 13.6. The minimum absolute atomic E-state index is 0.106. The molecule has 0 amide bonds. The van der Waals surface area contributed by atoms with Crippen molar-refractivity contribution >= 4 is 39.5 Å². The maximum absolute atomic E-state index is 13.2. The van der Waals surface area contributed by atoms with Crippen LogP contribution in [0.1, 0.15) is 465 Å². The Morgan fingerprint density at radius 1 is 0.274 bits per heavy atom. The highest BCUT2D eigenvalue weighted by atomic mass is 31.2. The molecule has 0 heterocycles. The van der Waals surface area contributed by atoms with Crippen LogP contribution in [0, 0.1) is 11.8 Å². The maximum Gasteiger partial charge on any atom is 0.472 e. The largest absolute Gasteiger partial charge is 0.472 e. The van der Waals surface area contributed by atoms with E-state index >= 15 is 0 Å². The Kier molecular flexibility index (Phi) is 76.9. The minimum atomic E-state index is -4.97. The second-order valence-electron chi connectivity index (χ2n) is 32.0. The normalized spacial score (nSPS) is 14.1. The predicted molar refractivity (Wildman–Crippen MR) is 437 cm³/mol. The van der Waals surface area contributed by atoms with Crippen LogP contribution in [-0.4, -0.2) is 96.7 Å². The molecule has 0 rings (SSSR count). The maximum atomic E-state index is 13.2. The number of esters is 4. The van der Waals surface area contributed by atoms with Crippen LogP contribution in [0.2, 0.25) is 0 Å². The molecule has 106 heavy (non-hydrogen) atoms. The van der Waals surface area contributed by atoms with Gasteiger partial charge in [-0.1, -0.05) is 414 Å². The molecule has 0 aliphatic heterocycles. The van der Waals surface area contributed by atoms with Gasteiger partial charge in [0.25, 0.3) is 0 Å². The molecule has 19 heteroatoms. The number of hydrogen-bond acceptors (Lipinski definition) is 15. The van der Waals surface area contributed by atoms with Crippen LogP contribution in [0.25, 0.3) is 0 Å². The summed E-state index contributed by atoms with van der Waals surface area (Å²) in [7, 11) is -9.93. The number of aliphatic hydroxyl groups is 1. The summed E-state index contributed by atoms with van der Waals surface area (Å²) in [6, 6.07) is 0. The summed E-state index contributed by atoms with van der Waals surface area (Å²) in [5.41, 5.74) is 0. The van der Waals surface area contributed by atoms with Crippen molar-refractivity contribution in [2.45, 2.75) is 484 Å². The molecule has 3 unspecified atom stereocenters. The number of carbonyl (C=O) groups is 4. The van der Waals surface area contributed by atoms with E-state index in [1.807, 2.05) is 0 Å². The summed E-state index contributed by atoms with van der Waals surface area (Å²) < 4.78 is 68.9. The molecular formula is C87H170O17P2. The van der Waals surface area contributed by atoms with E-state index < -0.39 is 97.5 Å². The molecule has 17 nitrogen and oxygen atoms in total. The van der Waals surface area contributed by atoms with E-state index in [-0.39, 0.29) is 25.7 Å². The lowest BCUT2D eigenvalue weighted by Crippen LogP contribution is -2.30. The van der Waals surface area contributed by atoms with Crippen LogP contribution < -0.4 is 0 Å². The van der Waals surface area contributed by atoms with Gasteiger partial charge in [0, 0.05) is 25.7 Å². The van der Waals surface area contributed by atoms with Gasteiger partial charge >= 0.3 is 39.5 Å². The molecule has 0 aliphatic carbocycles. The van der Waals surface area contributed by atoms with Crippen LogP contribution in [-0.2, 0) is 65.4 Å². The van der Waals surface area contributed by atoms with E-state index in [0.717, 1.165) is 102 Å². The zero-order valence-electron chi connectivity index (χ0n) is 69.7. The third-order valence-electron chi connectivity index (χ3n) is 20.8. The first kappa shape index (κ1) is 104. The number of ether oxygens (including phenoxy) is 4. The Labute approximate surface area is 651 Å². The van der Waals surface area contributed by atoms with Gasteiger partial charge in [0.15, 0.2) is 12.2 Å². The molecule has 0 radical (unpaired) electrons. The van der Waals surface area contributed by atoms with Crippen molar-refractivity contribution < 1.29 is 80.2 Å². The summed E-state index contributed by atoms with van der Waals surface area (Å²) in [6.07, 6.45) is 70.9. The lowest BCUT2D eigenvalue weighted by atomic mass is 9.99. The Morgan fingerprint density at radius 3 is 0.717 bits per heavy atom. The van der Waals surface area contributed by atoms with Gasteiger partial charge in [-0.25, -0.2) is 9.13 Å². The predicted octanol–water partition coefficient (Wildman–Crippen LogP) is 26.6. The van der Waals surface area contributed by atoms with E-state index in [2.05, 4.69) is 41.5 Å². The first-order chi connectivity index (χ1) is 51.4. The van der Waals surface area contributed by atoms with Crippen LogP contribution in [0.5, 0.6) is 0 Å². The van der Waals surface area contributed by atoms with Crippen molar-refractivity contribution in [3.05, 3.63) is 0 Å². The van der Waals surface area contributed by atoms with Gasteiger partial charge in [0.2, 0.25) is 0 Å². The number of hydrogen-bond donors (Lipinski definition) is 3. The molecule has 0 aromatic heterocycles. The van der Waals surface area contributed by atoms with E-state index in [1.165, 1.54) is 283 Å². The van der Waals surface area contributed by atoms with Crippen LogP contribution in [0.3, 0.4) is 0 Å². The lowest BCUT2D eigenvalue weighted by Gasteiger charge is -2.21. The number of carbonyl (C=O) groups excluding carboxylic acids is 4. The zero-order valence-corrected chi connectivity index (χ0v) is 71.5. The molecule has 0 saturated heterocycles. The third-order valence-corrected chi connectivity index (χ3v) is 22.7. The van der Waals surface area contributed by atoms with Gasteiger partial charge in [-0.3, -0.25) is 37.3 Å². The molecule has 0 saturated carbocycles. The Balaban J connectivity index is 5.24. The molecule has 0 spiro atoms. The highest BCUT2D eigenvalue weighted by molar-refractivity contribution is 7.47. The average Bonchev–Trinajstić information content (AvgIpc) is 0.900. The molecule has 6 atom stereocenters. The topological polar surface area (TPSA) is 237 Å². The first-order valence-electron chi connectivity index (χ1n) is 45.0. The monoisotopic (exact) mass is 1550 g/mol. The number of phosphoric ester groups is 2. The summed E-state index contributed by atoms with van der Waals surface area (Å²) in [5, 5.41) is 10.7. The SMILES string of the molecule is CCCCCCCCCCCCCCCCCCCCCCC(=O)OC[C@H](COP(=O)(O)OC[C@@H](O)COP(=O)(O)OC[C@@H](COC(=O)CCCCCCCCCCCC(C)C)OC(=O)CCCCCCCCCCCCC(C)CC)OC(=O)CCCCCCCCCCCCCCCCCCCCCC. The second-order valence-corrected chi connectivity index (χ2v) is 34.9. The fourth-order valence-corrected chi connectivity index (χ4v) is 15.1. The van der Waals surface area contributed by atoms with Crippen LogP contribution in [0.15, 0.2) is 0 Å². The van der Waals surface area contributed by atoms with Gasteiger partial charge in [0.1, 0.15) is 19.3 Å². The van der Waals surface area contributed by atoms with Gasteiger partial charge < -0.3 is 33.8 Å². The Hall–Kier alpha value is -1.94. The fraction of sp³-hybridized carbons (Fsp3) is 0.954. The smallest absolute Gasteiger partial charge is 0.462 e. The van der Waals surface area contributed by atoms with Crippen molar-refractivity contribution in [1.82, 2.24) is 0 Å². The highest BCUT2D eigenvalue weighted by Gasteiger charge is 2.30. The zero-order chi connectivity index (χ0) is 77.8. The van der Waals surface area contributed by atoms with E-state index in [0.29, 0.717) is 25.7 Å².